The average molecular weight is 549 g/mol. The average Bonchev–Trinajstić information content (AvgIpc) is 3.17. The van der Waals surface area contributed by atoms with Crippen LogP contribution in [0.4, 0.5) is 30.7 Å². The standard InChI is InChI=1S/C24H21F7NO4.Al.2H/c1-22(2,3)36-19(21(34)35-4)14-9-17(23(26,27)28)15-10-32(11-16(15)18(14)24(29,30)31)20(33)12-6-5-7-13(25)8-12;;;/h5-8,19H,10-11H2,1-4H3;;;/t19-;;;/m0.../s1. The molecule has 13 heteroatoms. The minimum atomic E-state index is -5.20. The van der Waals surface area contributed by atoms with Crippen LogP contribution >= 0.6 is 0 Å². The molecule has 1 heterocycles. The van der Waals surface area contributed by atoms with Gasteiger partial charge in [0.2, 0.25) is 0 Å². The van der Waals surface area contributed by atoms with Crippen molar-refractivity contribution in [3.05, 3.63) is 63.5 Å². The maximum absolute atomic E-state index is 14.6. The Bertz CT molecular complexity index is 1240. The van der Waals surface area contributed by atoms with Gasteiger partial charge in [0.05, 0.1) is 18.3 Å². The summed E-state index contributed by atoms with van der Waals surface area (Å²) in [5.41, 5.74) is -6.72. The first-order chi connectivity index (χ1) is 16.9. The Morgan fingerprint density at radius 1 is 0.973 bits per heavy atom. The third-order valence-corrected chi connectivity index (χ3v) is 6.83. The van der Waals surface area contributed by atoms with Gasteiger partial charge in [0.1, 0.15) is 5.82 Å². The van der Waals surface area contributed by atoms with E-state index < -0.39 is 103 Å². The number of carbonyl (C=O) groups is 2. The monoisotopic (exact) mass is 549 g/mol. The number of esters is 1. The highest BCUT2D eigenvalue weighted by molar-refractivity contribution is 6.35. The number of halogens is 7. The van der Waals surface area contributed by atoms with Gasteiger partial charge in [-0.05, 0) is 55.7 Å². The van der Waals surface area contributed by atoms with Crippen LogP contribution in [-0.4, -0.2) is 45.8 Å². The smallest absolute Gasteiger partial charge is 0.417 e. The number of methoxy groups -OCH3 is 1. The molecule has 0 spiro atoms. The van der Waals surface area contributed by atoms with E-state index in [1.165, 1.54) is 32.9 Å². The van der Waals surface area contributed by atoms with E-state index in [0.29, 0.717) is 0 Å². The van der Waals surface area contributed by atoms with E-state index in [1.54, 1.807) is 0 Å². The molecule has 1 aliphatic heterocycles. The van der Waals surface area contributed by atoms with Crippen molar-refractivity contribution in [3.8, 4) is 0 Å². The highest BCUT2D eigenvalue weighted by Crippen LogP contribution is 2.46. The van der Waals surface area contributed by atoms with Crippen molar-refractivity contribution >= 4 is 32.6 Å². The highest BCUT2D eigenvalue weighted by atomic mass is 27.0. The molecule has 0 aromatic heterocycles. The highest BCUT2D eigenvalue weighted by Gasteiger charge is 2.49. The van der Waals surface area contributed by atoms with Crippen LogP contribution in [0.15, 0.2) is 24.3 Å². The molecule has 0 bridgehead atoms. The third kappa shape index (κ3) is 5.94. The topological polar surface area (TPSA) is 55.8 Å². The Hall–Kier alpha value is -2.62. The fourth-order valence-corrected chi connectivity index (χ4v) is 5.57. The quantitative estimate of drug-likeness (QED) is 0.324. The number of ether oxygens (including phenoxy) is 2. The van der Waals surface area contributed by atoms with Crippen molar-refractivity contribution in [2.24, 2.45) is 0 Å². The molecule has 0 fully saturated rings. The van der Waals surface area contributed by atoms with Crippen LogP contribution in [0.5, 0.6) is 0 Å². The Labute approximate surface area is 215 Å². The van der Waals surface area contributed by atoms with Crippen LogP contribution in [0.1, 0.15) is 65.1 Å². The van der Waals surface area contributed by atoms with Crippen molar-refractivity contribution in [1.29, 1.82) is 0 Å². The van der Waals surface area contributed by atoms with Gasteiger partial charge in [-0.15, -0.1) is 4.43 Å². The molecule has 0 saturated heterocycles. The predicted molar refractivity (Wildman–Crippen MR) is 120 cm³/mol. The summed E-state index contributed by atoms with van der Waals surface area (Å²) >= 11 is -0.540. The third-order valence-electron chi connectivity index (χ3n) is 5.79. The molecular weight excluding hydrogens is 526 g/mol. The number of amides is 1. The molecule has 0 aliphatic carbocycles. The van der Waals surface area contributed by atoms with Crippen LogP contribution in [0, 0.1) is 5.82 Å². The van der Waals surface area contributed by atoms with E-state index in [4.69, 9.17) is 4.74 Å². The van der Waals surface area contributed by atoms with E-state index in [-0.39, 0.29) is 5.56 Å². The number of benzene rings is 2. The van der Waals surface area contributed by atoms with Crippen LogP contribution in [-0.2, 0) is 39.7 Å². The molecule has 0 N–H and O–H groups in total. The van der Waals surface area contributed by atoms with Gasteiger partial charge in [-0.2, -0.15) is 26.3 Å². The molecule has 3 rings (SSSR count). The molecule has 200 valence electrons. The lowest BCUT2D eigenvalue weighted by molar-refractivity contribution is -0.166. The number of fused-ring (bicyclic) bond motifs is 1. The zero-order valence-electron chi connectivity index (χ0n) is 20.5. The second-order valence-corrected chi connectivity index (χ2v) is 10.5. The maximum Gasteiger partial charge on any atom is 0.417 e. The molecule has 37 heavy (non-hydrogen) atoms. The summed E-state index contributed by atoms with van der Waals surface area (Å²) in [7, 11) is 0.888. The van der Waals surface area contributed by atoms with Gasteiger partial charge in [0.25, 0.3) is 22.2 Å². The first kappa shape index (κ1) is 28.9. The molecular formula is C24H23AlF7NO4. The zero-order valence-corrected chi connectivity index (χ0v) is 22.5. The van der Waals surface area contributed by atoms with Gasteiger partial charge in [0, 0.05) is 24.2 Å². The molecule has 0 unspecified atom stereocenters. The molecule has 1 amide bonds. The van der Waals surface area contributed by atoms with Crippen LogP contribution in [0.25, 0.3) is 0 Å². The lowest BCUT2D eigenvalue weighted by Crippen LogP contribution is -2.37. The minimum Gasteiger partial charge on any atom is -0.467 e. The van der Waals surface area contributed by atoms with E-state index in [0.717, 1.165) is 24.1 Å². The van der Waals surface area contributed by atoms with Crippen molar-refractivity contribution in [2.75, 3.05) is 7.11 Å². The van der Waals surface area contributed by atoms with Crippen molar-refractivity contribution in [3.63, 3.8) is 0 Å². The summed E-state index contributed by atoms with van der Waals surface area (Å²) < 4.78 is 110. The van der Waals surface area contributed by atoms with Gasteiger partial charge in [-0.3, -0.25) is 4.79 Å². The number of carbonyl (C=O) groups excluding carboxylic acids is 2. The van der Waals surface area contributed by atoms with Gasteiger partial charge in [-0.25, -0.2) is 9.18 Å². The second kappa shape index (κ2) is 9.93. The summed E-state index contributed by atoms with van der Waals surface area (Å²) in [5.74, 6) is -3.03. The van der Waals surface area contributed by atoms with Gasteiger partial charge < -0.3 is 14.4 Å². The van der Waals surface area contributed by atoms with Crippen molar-refractivity contribution in [1.82, 2.24) is 4.90 Å². The fourth-order valence-electron chi connectivity index (χ4n) is 4.47. The first-order valence-corrected chi connectivity index (χ1v) is 12.0. The number of hydrogen-bond donors (Lipinski definition) is 0. The SMILES string of the molecule is COC(=O)[C@@H](OC(C)(C)C)c1[c]([AlH2])c(C(F)(F)F)c2c(c1C(F)(F)F)CN(C(=O)c1cccc(F)c1)C2. The van der Waals surface area contributed by atoms with Crippen molar-refractivity contribution in [2.45, 2.75) is 57.9 Å². The normalized spacial score (nSPS) is 14.9. The van der Waals surface area contributed by atoms with Crippen molar-refractivity contribution < 1.29 is 49.8 Å². The van der Waals surface area contributed by atoms with Gasteiger partial charge >= 0.3 is 18.3 Å². The summed E-state index contributed by atoms with van der Waals surface area (Å²) in [4.78, 5) is 26.3. The van der Waals surface area contributed by atoms with Crippen LogP contribution < -0.4 is 4.43 Å². The Kier molecular flexibility index (Phi) is 7.77. The van der Waals surface area contributed by atoms with E-state index in [1.807, 2.05) is 0 Å². The maximum atomic E-state index is 14.6. The summed E-state index contributed by atoms with van der Waals surface area (Å²) in [6.07, 6.45) is -12.4. The first-order valence-electron chi connectivity index (χ1n) is 11.0. The van der Waals surface area contributed by atoms with Gasteiger partial charge in [-0.1, -0.05) is 6.07 Å². The largest absolute Gasteiger partial charge is 0.467 e. The van der Waals surface area contributed by atoms with E-state index in [2.05, 4.69) is 4.74 Å². The molecule has 1 aliphatic rings. The van der Waals surface area contributed by atoms with Crippen LogP contribution in [0.3, 0.4) is 0 Å². The Morgan fingerprint density at radius 3 is 1.97 bits per heavy atom. The number of nitrogens with zero attached hydrogens (tertiary/aromatic N) is 1. The van der Waals surface area contributed by atoms with Gasteiger partial charge in [0.15, 0.2) is 6.10 Å². The molecule has 2 aromatic rings. The lowest BCUT2D eigenvalue weighted by Gasteiger charge is -2.31. The zero-order chi connectivity index (χ0) is 28.1. The molecule has 0 saturated carbocycles. The predicted octanol–water partition coefficient (Wildman–Crippen LogP) is 4.31. The van der Waals surface area contributed by atoms with Crippen LogP contribution in [0.2, 0.25) is 0 Å². The number of hydrogen-bond acceptors (Lipinski definition) is 4. The Morgan fingerprint density at radius 2 is 1.51 bits per heavy atom. The molecule has 2 aromatic carbocycles. The van der Waals surface area contributed by atoms with E-state index >= 15 is 0 Å². The minimum absolute atomic E-state index is 0.232. The molecule has 1 atom stereocenters. The number of rotatable bonds is 4. The number of alkyl halides is 6. The summed E-state index contributed by atoms with van der Waals surface area (Å²) in [5, 5.41) is 0. The Balaban J connectivity index is 2.34. The molecule has 0 radical (unpaired) electrons. The second-order valence-electron chi connectivity index (χ2n) is 9.55. The van der Waals surface area contributed by atoms with E-state index in [9.17, 15) is 40.3 Å². The lowest BCUT2D eigenvalue weighted by atomic mass is 9.89. The molecule has 5 nitrogen and oxygen atoms in total. The summed E-state index contributed by atoms with van der Waals surface area (Å²) in [6.45, 7) is 2.68. The summed E-state index contributed by atoms with van der Waals surface area (Å²) in [6, 6.07) is 4.29. The fraction of sp³-hybridized carbons (Fsp3) is 0.417.